The van der Waals surface area contributed by atoms with Gasteiger partial charge in [-0.05, 0) is 34.5 Å². The number of halogens is 1. The second-order valence-electron chi connectivity index (χ2n) is 4.01. The third-order valence-corrected chi connectivity index (χ3v) is 3.11. The number of amides is 2. The molecule has 0 radical (unpaired) electrons. The molecule has 1 aromatic rings. The highest BCUT2D eigenvalue weighted by molar-refractivity contribution is 9.10. The summed E-state index contributed by atoms with van der Waals surface area (Å²) in [4.78, 5) is 33.5. The fourth-order valence-corrected chi connectivity index (χ4v) is 1.90. The predicted octanol–water partition coefficient (Wildman–Crippen LogP) is 1.16. The zero-order valence-corrected chi connectivity index (χ0v) is 12.3. The molecule has 3 N–H and O–H groups in total. The van der Waals surface area contributed by atoms with Crippen LogP contribution in [0.3, 0.4) is 0 Å². The van der Waals surface area contributed by atoms with E-state index in [4.69, 9.17) is 5.11 Å². The van der Waals surface area contributed by atoms with Crippen molar-refractivity contribution in [2.24, 2.45) is 0 Å². The van der Waals surface area contributed by atoms with E-state index in [1.165, 1.54) is 0 Å². The van der Waals surface area contributed by atoms with Gasteiger partial charge in [-0.15, -0.1) is 0 Å². The zero-order chi connectivity index (χ0) is 15.0. The summed E-state index contributed by atoms with van der Waals surface area (Å²) in [7, 11) is 0. The monoisotopic (exact) mass is 342 g/mol. The fraction of sp³-hybridized carbons (Fsp3) is 0.308. The average molecular weight is 343 g/mol. The largest absolute Gasteiger partial charge is 0.481 e. The van der Waals surface area contributed by atoms with Crippen molar-refractivity contribution >= 4 is 33.7 Å². The lowest BCUT2D eigenvalue weighted by molar-refractivity contribution is -0.137. The van der Waals surface area contributed by atoms with E-state index in [9.17, 15) is 14.4 Å². The van der Waals surface area contributed by atoms with Crippen molar-refractivity contribution in [1.82, 2.24) is 10.6 Å². The highest BCUT2D eigenvalue weighted by atomic mass is 79.9. The lowest BCUT2D eigenvalue weighted by Crippen LogP contribution is -2.37. The summed E-state index contributed by atoms with van der Waals surface area (Å²) in [5.41, 5.74) is 0.450. The molecular formula is C13H15BrN2O4. The van der Waals surface area contributed by atoms with Crippen molar-refractivity contribution in [3.63, 3.8) is 0 Å². The van der Waals surface area contributed by atoms with Gasteiger partial charge in [-0.2, -0.15) is 0 Å². The lowest BCUT2D eigenvalue weighted by Gasteiger charge is -2.07. The Morgan fingerprint density at radius 2 is 1.85 bits per heavy atom. The number of carbonyl (C=O) groups is 3. The van der Waals surface area contributed by atoms with E-state index in [0.717, 1.165) is 0 Å². The van der Waals surface area contributed by atoms with Gasteiger partial charge in [0.2, 0.25) is 5.91 Å². The van der Waals surface area contributed by atoms with E-state index in [2.05, 4.69) is 26.6 Å². The van der Waals surface area contributed by atoms with Gasteiger partial charge in [0.05, 0.1) is 12.1 Å². The van der Waals surface area contributed by atoms with Crippen LogP contribution in [0.2, 0.25) is 0 Å². The van der Waals surface area contributed by atoms with Crippen molar-refractivity contribution in [3.05, 3.63) is 34.3 Å². The minimum atomic E-state index is -0.901. The lowest BCUT2D eigenvalue weighted by atomic mass is 10.2. The van der Waals surface area contributed by atoms with Crippen LogP contribution in [0.1, 0.15) is 23.2 Å². The Morgan fingerprint density at radius 1 is 1.15 bits per heavy atom. The standard InChI is InChI=1S/C13H15BrN2O4/c14-10-5-2-1-4-9(10)13(20)16-8-11(17)15-7-3-6-12(18)19/h1-2,4-5H,3,6-8H2,(H,15,17)(H,16,20)(H,18,19). The third-order valence-electron chi connectivity index (χ3n) is 2.42. The Kier molecular flexibility index (Phi) is 6.72. The van der Waals surface area contributed by atoms with E-state index in [1.54, 1.807) is 24.3 Å². The molecule has 0 atom stereocenters. The molecule has 7 heteroatoms. The molecule has 0 aliphatic heterocycles. The van der Waals surface area contributed by atoms with Crippen molar-refractivity contribution in [1.29, 1.82) is 0 Å². The zero-order valence-electron chi connectivity index (χ0n) is 10.7. The van der Waals surface area contributed by atoms with E-state index in [-0.39, 0.29) is 31.3 Å². The van der Waals surface area contributed by atoms with Crippen molar-refractivity contribution in [2.75, 3.05) is 13.1 Å². The second kappa shape index (κ2) is 8.31. The van der Waals surface area contributed by atoms with Crippen LogP contribution in [0, 0.1) is 0 Å². The van der Waals surface area contributed by atoms with Gasteiger partial charge < -0.3 is 15.7 Å². The molecule has 0 heterocycles. The average Bonchev–Trinajstić information content (AvgIpc) is 2.41. The number of hydrogen-bond donors (Lipinski definition) is 3. The minimum absolute atomic E-state index is 0.00357. The molecule has 0 aromatic heterocycles. The SMILES string of the molecule is O=C(O)CCCNC(=O)CNC(=O)c1ccccc1Br. The number of hydrogen-bond acceptors (Lipinski definition) is 3. The van der Waals surface area contributed by atoms with Crippen LogP contribution in [0.25, 0.3) is 0 Å². The molecule has 1 rings (SSSR count). The summed E-state index contributed by atoms with van der Waals surface area (Å²) >= 11 is 3.25. The summed E-state index contributed by atoms with van der Waals surface area (Å²) in [6.45, 7) is 0.128. The van der Waals surface area contributed by atoms with E-state index >= 15 is 0 Å². The van der Waals surface area contributed by atoms with Crippen molar-refractivity contribution in [2.45, 2.75) is 12.8 Å². The number of carbonyl (C=O) groups excluding carboxylic acids is 2. The van der Waals surface area contributed by atoms with Gasteiger partial charge in [-0.3, -0.25) is 14.4 Å². The van der Waals surface area contributed by atoms with Crippen LogP contribution in [0.15, 0.2) is 28.7 Å². The highest BCUT2D eigenvalue weighted by Crippen LogP contribution is 2.15. The maximum atomic E-state index is 11.8. The van der Waals surface area contributed by atoms with Crippen molar-refractivity contribution < 1.29 is 19.5 Å². The van der Waals surface area contributed by atoms with Gasteiger partial charge >= 0.3 is 5.97 Å². The molecule has 20 heavy (non-hydrogen) atoms. The van der Waals surface area contributed by atoms with E-state index in [0.29, 0.717) is 16.5 Å². The van der Waals surface area contributed by atoms with Gasteiger partial charge in [0, 0.05) is 17.4 Å². The molecule has 0 saturated carbocycles. The van der Waals surface area contributed by atoms with E-state index in [1.807, 2.05) is 0 Å². The molecule has 0 fully saturated rings. The maximum Gasteiger partial charge on any atom is 0.303 e. The Morgan fingerprint density at radius 3 is 2.50 bits per heavy atom. The molecule has 0 saturated heterocycles. The van der Waals surface area contributed by atoms with Gasteiger partial charge in [-0.25, -0.2) is 0 Å². The first kappa shape index (κ1) is 16.2. The fourth-order valence-electron chi connectivity index (χ4n) is 1.43. The summed E-state index contributed by atoms with van der Waals surface area (Å²) in [6, 6.07) is 6.90. The van der Waals surface area contributed by atoms with Gasteiger partial charge in [0.25, 0.3) is 5.91 Å². The number of aliphatic carboxylic acids is 1. The van der Waals surface area contributed by atoms with Gasteiger partial charge in [-0.1, -0.05) is 12.1 Å². The molecule has 108 valence electrons. The Labute approximate surface area is 124 Å². The van der Waals surface area contributed by atoms with Crippen LogP contribution in [-0.2, 0) is 9.59 Å². The van der Waals surface area contributed by atoms with Gasteiger partial charge in [0.15, 0.2) is 0 Å². The number of nitrogens with one attached hydrogen (secondary N) is 2. The summed E-state index contributed by atoms with van der Waals surface area (Å²) in [5.74, 6) is -1.60. The summed E-state index contributed by atoms with van der Waals surface area (Å²) in [5, 5.41) is 13.5. The molecule has 0 aliphatic rings. The van der Waals surface area contributed by atoms with Gasteiger partial charge in [0.1, 0.15) is 0 Å². The third kappa shape index (κ3) is 5.83. The first-order chi connectivity index (χ1) is 9.50. The molecule has 6 nitrogen and oxygen atoms in total. The Bertz CT molecular complexity index is 505. The first-order valence-corrected chi connectivity index (χ1v) is 6.81. The number of carboxylic acids is 1. The second-order valence-corrected chi connectivity index (χ2v) is 4.86. The first-order valence-electron chi connectivity index (χ1n) is 6.02. The quantitative estimate of drug-likeness (QED) is 0.648. The van der Waals surface area contributed by atoms with Crippen LogP contribution >= 0.6 is 15.9 Å². The van der Waals surface area contributed by atoms with E-state index < -0.39 is 5.97 Å². The molecular weight excluding hydrogens is 328 g/mol. The predicted molar refractivity (Wildman–Crippen MR) is 76.4 cm³/mol. The highest BCUT2D eigenvalue weighted by Gasteiger charge is 2.10. The number of benzene rings is 1. The van der Waals surface area contributed by atoms with Crippen LogP contribution < -0.4 is 10.6 Å². The molecule has 0 bridgehead atoms. The topological polar surface area (TPSA) is 95.5 Å². The molecule has 0 unspecified atom stereocenters. The molecule has 0 aliphatic carbocycles. The summed E-state index contributed by atoms with van der Waals surface area (Å²) < 4.78 is 0.652. The number of carboxylic acid groups (broad SMARTS) is 1. The summed E-state index contributed by atoms with van der Waals surface area (Å²) in [6.07, 6.45) is 0.364. The Hall–Kier alpha value is -1.89. The molecule has 2 amide bonds. The van der Waals surface area contributed by atoms with Crippen LogP contribution in [0.4, 0.5) is 0 Å². The normalized spacial score (nSPS) is 9.85. The van der Waals surface area contributed by atoms with Crippen LogP contribution in [0.5, 0.6) is 0 Å². The maximum absolute atomic E-state index is 11.8. The van der Waals surface area contributed by atoms with Crippen molar-refractivity contribution in [3.8, 4) is 0 Å². The minimum Gasteiger partial charge on any atom is -0.481 e. The molecule has 1 aromatic carbocycles. The smallest absolute Gasteiger partial charge is 0.303 e. The number of rotatable bonds is 7. The van der Waals surface area contributed by atoms with Crippen LogP contribution in [-0.4, -0.2) is 36.0 Å². The molecule has 0 spiro atoms. The Balaban J connectivity index is 2.29.